The van der Waals surface area contributed by atoms with Crippen LogP contribution in [-0.4, -0.2) is 124 Å². The van der Waals surface area contributed by atoms with E-state index in [-0.39, 0.29) is 57.4 Å². The average molecular weight is 1950 g/mol. The van der Waals surface area contributed by atoms with E-state index in [0.29, 0.717) is 63.0 Å². The predicted molar refractivity (Wildman–Crippen MR) is 558 cm³/mol. The highest BCUT2D eigenvalue weighted by atomic mass is 16.5. The molecule has 1 saturated carbocycles. The maximum absolute atomic E-state index is 12.4. The van der Waals surface area contributed by atoms with Crippen molar-refractivity contribution in [2.45, 2.75) is 182 Å². The van der Waals surface area contributed by atoms with Gasteiger partial charge in [-0.05, 0) is 233 Å². The standard InChI is InChI=1S/C21H23NO3.C20H23NO4.C20H23NO3.C19H21NO4.2C19H21NO3/c1-13-7-10-19(14(2)11-13)25-12-18-16(15-8-9-15)5-4-6-17(18)20(23)21(24)22-3;1-5-24-18-8-6-7-15(19(22)20(23)21-4)16(18)12-25-17-10-9-13(2)11-14(17)3;1-5-15-7-6-8-16(19(22)20(23)21-4)17(15)12-24-18-10-9-13(2)11-14(18)3;1-12-7-8-17(13(2)9-12)24-11-16-14(10-21)5-4-6-15(16)18(22)19(23)20-3;2*1-12-8-9-17(14(3)10-12)23-11-16-13(2)6-5-7-15(16)18(21)19(22)20-4/h4-7,10-11,15H,8-9,12H2,1-3H3,(H,22,24);6-11H,5,12H2,1-4H3,(H,21,23);6-11H,5,12H2,1-4H3,(H,21,23);4-9,21H,10-11H2,1-3H3,(H,20,23);2*5-10H,11H2,1-4H3,(H,20,22). The number of aryl methyl sites for hydroxylation is 15. The number of carbonyl (C=O) groups is 12. The van der Waals surface area contributed by atoms with E-state index >= 15 is 0 Å². The van der Waals surface area contributed by atoms with Gasteiger partial charge in [-0.3, -0.25) is 57.5 Å². The quantitative estimate of drug-likeness (QED) is 0.0143. The lowest BCUT2D eigenvalue weighted by molar-refractivity contribution is -0.117. The highest BCUT2D eigenvalue weighted by molar-refractivity contribution is 6.45. The number of nitrogens with one attached hydrogen (secondary N) is 6. The molecular formula is C118H132N6O20. The minimum Gasteiger partial charge on any atom is -0.493 e. The van der Waals surface area contributed by atoms with Crippen molar-refractivity contribution in [1.82, 2.24) is 31.9 Å². The number of aliphatic hydroxyl groups is 1. The largest absolute Gasteiger partial charge is 0.493 e. The van der Waals surface area contributed by atoms with Gasteiger partial charge in [-0.1, -0.05) is 216 Å². The predicted octanol–water partition coefficient (Wildman–Crippen LogP) is 18.8. The second kappa shape index (κ2) is 55.3. The molecule has 0 atom stereocenters. The summed E-state index contributed by atoms with van der Waals surface area (Å²) in [7, 11) is 8.65. The number of ketones is 6. The van der Waals surface area contributed by atoms with Gasteiger partial charge < -0.3 is 70.2 Å². The summed E-state index contributed by atoms with van der Waals surface area (Å²) in [6.45, 7) is 33.2. The van der Waals surface area contributed by atoms with Gasteiger partial charge in [0.15, 0.2) is 0 Å². The minimum atomic E-state index is -0.696. The molecule has 0 saturated heterocycles. The van der Waals surface area contributed by atoms with Gasteiger partial charge in [-0.2, -0.15) is 0 Å². The third kappa shape index (κ3) is 31.5. The number of hydrogen-bond acceptors (Lipinski definition) is 20. The molecule has 12 aromatic carbocycles. The van der Waals surface area contributed by atoms with Crippen molar-refractivity contribution in [2.75, 3.05) is 48.9 Å². The summed E-state index contributed by atoms with van der Waals surface area (Å²) in [5.41, 5.74) is 24.0. The maximum Gasteiger partial charge on any atom is 0.292 e. The third-order valence-electron chi connectivity index (χ3n) is 23.9. The topological polar surface area (TPSA) is 362 Å². The van der Waals surface area contributed by atoms with Crippen LogP contribution in [0.5, 0.6) is 40.2 Å². The Bertz CT molecular complexity index is 6430. The van der Waals surface area contributed by atoms with E-state index in [4.69, 9.17) is 33.2 Å². The van der Waals surface area contributed by atoms with Gasteiger partial charge in [0.1, 0.15) is 79.9 Å². The summed E-state index contributed by atoms with van der Waals surface area (Å²) in [5, 5.41) is 23.8. The zero-order chi connectivity index (χ0) is 106. The van der Waals surface area contributed by atoms with E-state index in [9.17, 15) is 62.6 Å². The zero-order valence-electron chi connectivity index (χ0n) is 86.3. The number of hydrogen-bond donors (Lipinski definition) is 7. The molecule has 144 heavy (non-hydrogen) atoms. The number of Topliss-reactive ketones (excluding diaryl/α,β-unsaturated/α-hetero) is 6. The molecule has 0 bridgehead atoms. The zero-order valence-corrected chi connectivity index (χ0v) is 86.3. The fourth-order valence-electron chi connectivity index (χ4n) is 15.8. The lowest BCUT2D eigenvalue weighted by Gasteiger charge is -2.16. The highest BCUT2D eigenvalue weighted by Crippen LogP contribution is 2.43. The van der Waals surface area contributed by atoms with Gasteiger partial charge in [0.05, 0.1) is 13.2 Å². The van der Waals surface area contributed by atoms with Crippen LogP contribution in [0.25, 0.3) is 0 Å². The Morgan fingerprint density at radius 3 is 0.743 bits per heavy atom. The minimum absolute atomic E-state index is 0.0959. The van der Waals surface area contributed by atoms with Crippen molar-refractivity contribution in [3.63, 3.8) is 0 Å². The molecule has 12 aromatic rings. The molecule has 0 unspecified atom stereocenters. The molecule has 26 nitrogen and oxygen atoms in total. The van der Waals surface area contributed by atoms with Crippen LogP contribution in [-0.2, 0) is 81.4 Å². The van der Waals surface area contributed by atoms with E-state index in [1.54, 1.807) is 78.9 Å². The smallest absolute Gasteiger partial charge is 0.292 e. The summed E-state index contributed by atoms with van der Waals surface area (Å²) in [6, 6.07) is 67.3. The summed E-state index contributed by atoms with van der Waals surface area (Å²) in [6.07, 6.45) is 3.00. The van der Waals surface area contributed by atoms with Crippen LogP contribution in [0.4, 0.5) is 0 Å². The average Bonchev–Trinajstić information content (AvgIpc) is 1.70. The molecule has 1 fully saturated rings. The van der Waals surface area contributed by atoms with Gasteiger partial charge >= 0.3 is 0 Å². The molecule has 1 aliphatic carbocycles. The van der Waals surface area contributed by atoms with Gasteiger partial charge in [0, 0.05) is 109 Å². The van der Waals surface area contributed by atoms with E-state index in [0.717, 1.165) is 137 Å². The third-order valence-corrected chi connectivity index (χ3v) is 23.9. The van der Waals surface area contributed by atoms with Gasteiger partial charge in [0.25, 0.3) is 70.1 Å². The molecule has 0 heterocycles. The van der Waals surface area contributed by atoms with Crippen LogP contribution in [0.3, 0.4) is 0 Å². The molecule has 26 heteroatoms. The van der Waals surface area contributed by atoms with Gasteiger partial charge in [-0.15, -0.1) is 0 Å². The summed E-state index contributed by atoms with van der Waals surface area (Å²) < 4.78 is 41.1. The van der Waals surface area contributed by atoms with Crippen LogP contribution in [0.2, 0.25) is 0 Å². The normalized spacial score (nSPS) is 10.8. The number of benzene rings is 12. The Labute approximate surface area is 844 Å². The summed E-state index contributed by atoms with van der Waals surface area (Å²) in [4.78, 5) is 144. The first-order chi connectivity index (χ1) is 68.8. The molecule has 754 valence electrons. The molecule has 13 rings (SSSR count). The van der Waals surface area contributed by atoms with Crippen LogP contribution in [0, 0.1) is 96.9 Å². The fraction of sp³-hybridized carbons (Fsp3) is 0.288. The summed E-state index contributed by atoms with van der Waals surface area (Å²) >= 11 is 0. The monoisotopic (exact) mass is 1950 g/mol. The van der Waals surface area contributed by atoms with Crippen molar-refractivity contribution in [1.29, 1.82) is 0 Å². The van der Waals surface area contributed by atoms with Crippen molar-refractivity contribution >= 4 is 70.1 Å². The lowest BCUT2D eigenvalue weighted by Crippen LogP contribution is -2.28. The van der Waals surface area contributed by atoms with Crippen LogP contribution < -0.4 is 65.1 Å². The van der Waals surface area contributed by atoms with Crippen LogP contribution in [0.15, 0.2) is 218 Å². The highest BCUT2D eigenvalue weighted by Gasteiger charge is 2.32. The lowest BCUT2D eigenvalue weighted by atomic mass is 9.95. The Hall–Kier alpha value is -16.0. The van der Waals surface area contributed by atoms with Gasteiger partial charge in [-0.25, -0.2) is 0 Å². The second-order valence-corrected chi connectivity index (χ2v) is 34.8. The van der Waals surface area contributed by atoms with Crippen LogP contribution in [0.1, 0.15) is 223 Å². The van der Waals surface area contributed by atoms with Gasteiger partial charge in [0.2, 0.25) is 0 Å². The molecule has 7 N–H and O–H groups in total. The molecule has 1 aliphatic rings. The van der Waals surface area contributed by atoms with Crippen molar-refractivity contribution in [3.8, 4) is 40.2 Å². The first-order valence-electron chi connectivity index (χ1n) is 47.5. The Morgan fingerprint density at radius 1 is 0.250 bits per heavy atom. The number of aliphatic hydroxyl groups excluding tert-OH is 1. The molecular weight excluding hydrogens is 1820 g/mol. The van der Waals surface area contributed by atoms with E-state index in [2.05, 4.69) is 44.0 Å². The first-order valence-corrected chi connectivity index (χ1v) is 47.5. The maximum atomic E-state index is 12.4. The molecule has 0 spiro atoms. The molecule has 0 radical (unpaired) electrons. The fourth-order valence-corrected chi connectivity index (χ4v) is 15.8. The SMILES string of the molecule is CCOc1cccc(C(=O)C(=O)NC)c1COc1ccc(C)cc1C.CCc1cccc(C(=O)C(=O)NC)c1COc1ccc(C)cc1C.CNC(=O)C(=O)c1cccc(C)c1COc1ccc(C)cc1C.CNC(=O)C(=O)c1cccc(C)c1COc1ccc(C)cc1C.CNC(=O)C(=O)c1cccc(C2CC2)c1COc1ccc(C)cc1C.CNC(=O)C(=O)c1cccc(CO)c1COc1ccc(C)cc1C. The number of rotatable bonds is 35. The Morgan fingerprint density at radius 2 is 0.479 bits per heavy atom. The second-order valence-electron chi connectivity index (χ2n) is 34.8. The van der Waals surface area contributed by atoms with Crippen molar-refractivity contribution in [2.24, 2.45) is 0 Å². The van der Waals surface area contributed by atoms with E-state index in [1.165, 1.54) is 64.5 Å². The number of carbonyl (C=O) groups excluding carboxylic acids is 12. The molecule has 0 aromatic heterocycles. The van der Waals surface area contributed by atoms with E-state index < -0.39 is 70.1 Å². The van der Waals surface area contributed by atoms with Crippen molar-refractivity contribution in [3.05, 3.63) is 380 Å². The molecule has 0 aliphatic heterocycles. The number of likely N-dealkylation sites (N-methyl/N-ethyl adjacent to an activating group) is 6. The Kier molecular flexibility index (Phi) is 43.5. The van der Waals surface area contributed by atoms with Crippen LogP contribution >= 0.6 is 0 Å². The number of amides is 6. The van der Waals surface area contributed by atoms with Crippen molar-refractivity contribution < 1.29 is 95.8 Å². The molecule has 6 amide bonds. The summed E-state index contributed by atoms with van der Waals surface area (Å²) in [5.74, 6) is -1.63. The Balaban J connectivity index is 0.000000211. The number of ether oxygens (including phenoxy) is 7. The van der Waals surface area contributed by atoms with E-state index in [1.807, 2.05) is 238 Å². The first kappa shape index (κ1) is 113.